The maximum Gasteiger partial charge on any atom is 0.255 e. The van der Waals surface area contributed by atoms with Crippen molar-refractivity contribution < 1.29 is 4.74 Å². The highest BCUT2D eigenvalue weighted by molar-refractivity contribution is 7.71. The van der Waals surface area contributed by atoms with Crippen molar-refractivity contribution in [2.45, 2.75) is 6.42 Å². The highest BCUT2D eigenvalue weighted by Gasteiger charge is 2.04. The van der Waals surface area contributed by atoms with E-state index in [-0.39, 0.29) is 5.56 Å². The minimum Gasteiger partial charge on any atom is -0.457 e. The number of nitrogens with one attached hydrogen (secondary N) is 2. The van der Waals surface area contributed by atoms with Crippen LogP contribution in [0.15, 0.2) is 59.5 Å². The Hall–Kier alpha value is -2.37. The molecular weight excluding hydrogens is 332 g/mol. The third-order valence-corrected chi connectivity index (χ3v) is 3.68. The van der Waals surface area contributed by atoms with Crippen molar-refractivity contribution in [3.05, 3.63) is 86.0 Å². The van der Waals surface area contributed by atoms with E-state index in [1.165, 1.54) is 0 Å². The SMILES string of the molecule is O=c1[nH]c(=S)[nH]cc1Cc1cccc(Oc2cccc(Cl)c2)c1. The van der Waals surface area contributed by atoms with E-state index in [0.29, 0.717) is 33.3 Å². The average molecular weight is 345 g/mol. The standard InChI is InChI=1S/C17H13ClN2O2S/c18-13-4-2-6-15(9-13)22-14-5-1-3-11(8-14)7-12-10-19-17(23)20-16(12)21/h1-6,8-10H,7H2,(H2,19,20,21,23). The molecule has 1 heterocycles. The maximum atomic E-state index is 11.9. The van der Waals surface area contributed by atoms with Crippen LogP contribution in [0, 0.1) is 4.77 Å². The van der Waals surface area contributed by atoms with E-state index >= 15 is 0 Å². The van der Waals surface area contributed by atoms with Crippen molar-refractivity contribution in [3.63, 3.8) is 0 Å². The van der Waals surface area contributed by atoms with E-state index in [4.69, 9.17) is 28.6 Å². The largest absolute Gasteiger partial charge is 0.457 e. The molecule has 0 fully saturated rings. The topological polar surface area (TPSA) is 57.9 Å². The van der Waals surface area contributed by atoms with Crippen molar-refractivity contribution in [1.82, 2.24) is 9.97 Å². The fourth-order valence-electron chi connectivity index (χ4n) is 2.17. The summed E-state index contributed by atoms with van der Waals surface area (Å²) in [5.74, 6) is 1.35. The van der Waals surface area contributed by atoms with E-state index in [1.54, 1.807) is 18.3 Å². The first-order chi connectivity index (χ1) is 11.1. The molecule has 1 aromatic heterocycles. The molecule has 0 unspecified atom stereocenters. The first-order valence-corrected chi connectivity index (χ1v) is 7.72. The van der Waals surface area contributed by atoms with Crippen molar-refractivity contribution in [2.75, 3.05) is 0 Å². The molecule has 3 aromatic rings. The highest BCUT2D eigenvalue weighted by Crippen LogP contribution is 2.25. The lowest BCUT2D eigenvalue weighted by Gasteiger charge is -2.08. The molecule has 0 bridgehead atoms. The molecule has 23 heavy (non-hydrogen) atoms. The highest BCUT2D eigenvalue weighted by atomic mass is 35.5. The summed E-state index contributed by atoms with van der Waals surface area (Å²) in [6, 6.07) is 14.8. The van der Waals surface area contributed by atoms with Crippen molar-refractivity contribution in [2.24, 2.45) is 0 Å². The third kappa shape index (κ3) is 4.09. The van der Waals surface area contributed by atoms with Gasteiger partial charge in [0.05, 0.1) is 0 Å². The Morgan fingerprint density at radius 2 is 1.83 bits per heavy atom. The third-order valence-electron chi connectivity index (χ3n) is 3.22. The van der Waals surface area contributed by atoms with Crippen LogP contribution >= 0.6 is 23.8 Å². The lowest BCUT2D eigenvalue weighted by Crippen LogP contribution is -2.13. The molecule has 0 aliphatic carbocycles. The van der Waals surface area contributed by atoms with Gasteiger partial charge >= 0.3 is 0 Å². The number of benzene rings is 2. The summed E-state index contributed by atoms with van der Waals surface area (Å²) >= 11 is 10.8. The van der Waals surface area contributed by atoms with Crippen LogP contribution in [0.4, 0.5) is 0 Å². The number of H-pyrrole nitrogens is 2. The van der Waals surface area contributed by atoms with Crippen LogP contribution in [0.1, 0.15) is 11.1 Å². The summed E-state index contributed by atoms with van der Waals surface area (Å²) in [5.41, 5.74) is 1.38. The summed E-state index contributed by atoms with van der Waals surface area (Å²) in [4.78, 5) is 17.3. The molecule has 0 radical (unpaired) electrons. The minimum atomic E-state index is -0.185. The summed E-state index contributed by atoms with van der Waals surface area (Å²) in [7, 11) is 0. The second-order valence-corrected chi connectivity index (χ2v) is 5.83. The second-order valence-electron chi connectivity index (χ2n) is 4.98. The van der Waals surface area contributed by atoms with Crippen molar-refractivity contribution >= 4 is 23.8 Å². The van der Waals surface area contributed by atoms with Gasteiger partial charge in [-0.05, 0) is 48.1 Å². The zero-order valence-electron chi connectivity index (χ0n) is 12.0. The van der Waals surface area contributed by atoms with Crippen LogP contribution in [0.2, 0.25) is 5.02 Å². The van der Waals surface area contributed by atoms with Crippen LogP contribution in [0.5, 0.6) is 11.5 Å². The second kappa shape index (κ2) is 6.81. The van der Waals surface area contributed by atoms with Gasteiger partial charge in [-0.2, -0.15) is 0 Å². The van der Waals surface area contributed by atoms with Gasteiger partial charge in [0.15, 0.2) is 4.77 Å². The molecule has 0 amide bonds. The van der Waals surface area contributed by atoms with Crippen LogP contribution in [0.25, 0.3) is 0 Å². The van der Waals surface area contributed by atoms with Gasteiger partial charge in [-0.15, -0.1) is 0 Å². The van der Waals surface area contributed by atoms with Gasteiger partial charge in [-0.25, -0.2) is 0 Å². The number of aromatic amines is 2. The molecule has 0 atom stereocenters. The van der Waals surface area contributed by atoms with Crippen molar-refractivity contribution in [1.29, 1.82) is 0 Å². The molecule has 2 N–H and O–H groups in total. The Kier molecular flexibility index (Phi) is 4.60. The summed E-state index contributed by atoms with van der Waals surface area (Å²) in [5, 5.41) is 0.615. The summed E-state index contributed by atoms with van der Waals surface area (Å²) < 4.78 is 6.11. The fourth-order valence-corrected chi connectivity index (χ4v) is 2.51. The van der Waals surface area contributed by atoms with E-state index in [2.05, 4.69) is 9.97 Å². The van der Waals surface area contributed by atoms with E-state index < -0.39 is 0 Å². The van der Waals surface area contributed by atoms with E-state index in [1.807, 2.05) is 36.4 Å². The molecule has 0 aliphatic heterocycles. The lowest BCUT2D eigenvalue weighted by atomic mass is 10.1. The lowest BCUT2D eigenvalue weighted by molar-refractivity contribution is 0.482. The number of hydrogen-bond acceptors (Lipinski definition) is 3. The molecule has 4 nitrogen and oxygen atoms in total. The van der Waals surface area contributed by atoms with Crippen LogP contribution in [0.3, 0.4) is 0 Å². The zero-order chi connectivity index (χ0) is 16.2. The number of ether oxygens (including phenoxy) is 1. The summed E-state index contributed by atoms with van der Waals surface area (Å²) in [6.45, 7) is 0. The molecular formula is C17H13ClN2O2S. The molecule has 0 saturated heterocycles. The van der Waals surface area contributed by atoms with E-state index in [0.717, 1.165) is 5.56 Å². The van der Waals surface area contributed by atoms with Gasteiger partial charge in [0, 0.05) is 23.2 Å². The Labute approximate surface area is 142 Å². The average Bonchev–Trinajstić information content (AvgIpc) is 2.51. The fraction of sp³-hybridized carbons (Fsp3) is 0.0588. The molecule has 3 rings (SSSR count). The van der Waals surface area contributed by atoms with Crippen LogP contribution in [-0.2, 0) is 6.42 Å². The smallest absolute Gasteiger partial charge is 0.255 e. The first kappa shape index (κ1) is 15.5. The molecule has 0 aliphatic rings. The monoisotopic (exact) mass is 344 g/mol. The molecule has 116 valence electrons. The number of hydrogen-bond donors (Lipinski definition) is 2. The van der Waals surface area contributed by atoms with E-state index in [9.17, 15) is 4.79 Å². The first-order valence-electron chi connectivity index (χ1n) is 6.93. The Morgan fingerprint density at radius 3 is 2.57 bits per heavy atom. The maximum absolute atomic E-state index is 11.9. The van der Waals surface area contributed by atoms with Crippen LogP contribution < -0.4 is 10.3 Å². The Bertz CT molecular complexity index is 949. The zero-order valence-corrected chi connectivity index (χ0v) is 13.6. The van der Waals surface area contributed by atoms with Gasteiger partial charge in [0.25, 0.3) is 5.56 Å². The number of rotatable bonds is 4. The molecule has 2 aromatic carbocycles. The quantitative estimate of drug-likeness (QED) is 0.686. The van der Waals surface area contributed by atoms with Gasteiger partial charge in [0.2, 0.25) is 0 Å². The normalized spacial score (nSPS) is 10.5. The van der Waals surface area contributed by atoms with Gasteiger partial charge in [-0.3, -0.25) is 9.78 Å². The molecule has 0 saturated carbocycles. The van der Waals surface area contributed by atoms with Crippen LogP contribution in [-0.4, -0.2) is 9.97 Å². The summed E-state index contributed by atoms with van der Waals surface area (Å²) in [6.07, 6.45) is 2.11. The Balaban J connectivity index is 1.82. The predicted octanol–water partition coefficient (Wildman–Crippen LogP) is 4.47. The minimum absolute atomic E-state index is 0.185. The Morgan fingerprint density at radius 1 is 1.09 bits per heavy atom. The van der Waals surface area contributed by atoms with Gasteiger partial charge in [-0.1, -0.05) is 29.8 Å². The van der Waals surface area contributed by atoms with Gasteiger partial charge in [0.1, 0.15) is 11.5 Å². The number of aromatic nitrogens is 2. The van der Waals surface area contributed by atoms with Gasteiger partial charge < -0.3 is 9.72 Å². The predicted molar refractivity (Wildman–Crippen MR) is 93.0 cm³/mol. The van der Waals surface area contributed by atoms with Crippen molar-refractivity contribution in [3.8, 4) is 11.5 Å². The molecule has 6 heteroatoms. The number of halogens is 1. The molecule has 0 spiro atoms.